The summed E-state index contributed by atoms with van der Waals surface area (Å²) in [6.07, 6.45) is 4.31. The van der Waals surface area contributed by atoms with Crippen molar-refractivity contribution in [2.24, 2.45) is 0 Å². The molecule has 0 aliphatic rings. The van der Waals surface area contributed by atoms with Crippen molar-refractivity contribution in [1.82, 2.24) is 9.88 Å². The predicted molar refractivity (Wildman–Crippen MR) is 74.8 cm³/mol. The number of nitrogens with zero attached hydrogens (tertiary/aromatic N) is 1. The van der Waals surface area contributed by atoms with Gasteiger partial charge in [-0.15, -0.1) is 0 Å². The third-order valence-corrected chi connectivity index (χ3v) is 3.22. The van der Waals surface area contributed by atoms with Gasteiger partial charge >= 0.3 is 0 Å². The highest BCUT2D eigenvalue weighted by Gasteiger charge is 1.97. The van der Waals surface area contributed by atoms with Gasteiger partial charge in [0.25, 0.3) is 0 Å². The molecule has 0 bridgehead atoms. The lowest BCUT2D eigenvalue weighted by Gasteiger charge is -2.04. The van der Waals surface area contributed by atoms with E-state index < -0.39 is 0 Å². The van der Waals surface area contributed by atoms with Crippen LogP contribution in [-0.2, 0) is 19.6 Å². The van der Waals surface area contributed by atoms with Crippen LogP contribution in [0.1, 0.15) is 18.1 Å². The zero-order valence-electron chi connectivity index (χ0n) is 9.99. The van der Waals surface area contributed by atoms with Crippen LogP contribution in [0.2, 0.25) is 0 Å². The summed E-state index contributed by atoms with van der Waals surface area (Å²) in [7, 11) is 0. The first-order valence-electron chi connectivity index (χ1n) is 5.87. The summed E-state index contributed by atoms with van der Waals surface area (Å²) in [4.78, 5) is 0. The van der Waals surface area contributed by atoms with Crippen LogP contribution >= 0.6 is 15.9 Å². The first kappa shape index (κ1) is 12.4. The van der Waals surface area contributed by atoms with E-state index in [1.54, 1.807) is 0 Å². The molecule has 0 atom stereocenters. The first-order chi connectivity index (χ1) is 8.28. The van der Waals surface area contributed by atoms with Crippen molar-refractivity contribution in [1.29, 1.82) is 0 Å². The second kappa shape index (κ2) is 6.03. The van der Waals surface area contributed by atoms with Crippen molar-refractivity contribution >= 4 is 15.9 Å². The molecular formula is C14H17BrN2. The monoisotopic (exact) mass is 292 g/mol. The van der Waals surface area contributed by atoms with Crippen LogP contribution in [0.25, 0.3) is 0 Å². The molecule has 0 aliphatic carbocycles. The van der Waals surface area contributed by atoms with E-state index in [0.29, 0.717) is 0 Å². The zero-order valence-corrected chi connectivity index (χ0v) is 11.6. The van der Waals surface area contributed by atoms with E-state index in [1.165, 1.54) is 11.1 Å². The Kier molecular flexibility index (Phi) is 4.40. The summed E-state index contributed by atoms with van der Waals surface area (Å²) >= 11 is 3.48. The molecule has 0 spiro atoms. The molecule has 1 N–H and O–H groups in total. The van der Waals surface area contributed by atoms with Gasteiger partial charge in [-0.05, 0) is 36.2 Å². The zero-order chi connectivity index (χ0) is 12.1. The molecule has 1 aromatic heterocycles. The smallest absolute Gasteiger partial charge is 0.0223 e. The highest BCUT2D eigenvalue weighted by Crippen LogP contribution is 2.11. The largest absolute Gasteiger partial charge is 0.354 e. The number of halogens is 1. The van der Waals surface area contributed by atoms with Crippen LogP contribution in [-0.4, -0.2) is 4.57 Å². The molecule has 2 rings (SSSR count). The summed E-state index contributed by atoms with van der Waals surface area (Å²) in [5.74, 6) is 0. The van der Waals surface area contributed by atoms with Gasteiger partial charge in [-0.1, -0.05) is 28.1 Å². The molecule has 2 aromatic rings. The quantitative estimate of drug-likeness (QED) is 0.892. The van der Waals surface area contributed by atoms with Crippen molar-refractivity contribution < 1.29 is 0 Å². The highest BCUT2D eigenvalue weighted by molar-refractivity contribution is 9.10. The van der Waals surface area contributed by atoms with Crippen molar-refractivity contribution in [2.75, 3.05) is 0 Å². The maximum absolute atomic E-state index is 3.48. The lowest BCUT2D eigenvalue weighted by atomic mass is 10.2. The number of hydrogen-bond acceptors (Lipinski definition) is 1. The van der Waals surface area contributed by atoms with Gasteiger partial charge in [-0.2, -0.15) is 0 Å². The van der Waals surface area contributed by atoms with E-state index in [0.717, 1.165) is 24.1 Å². The molecule has 2 nitrogen and oxygen atoms in total. The average Bonchev–Trinajstić information content (AvgIpc) is 2.77. The van der Waals surface area contributed by atoms with Gasteiger partial charge in [0.2, 0.25) is 0 Å². The van der Waals surface area contributed by atoms with Crippen molar-refractivity contribution in [3.05, 3.63) is 58.3 Å². The second-order valence-electron chi connectivity index (χ2n) is 4.08. The van der Waals surface area contributed by atoms with Gasteiger partial charge in [0.15, 0.2) is 0 Å². The molecule has 90 valence electrons. The third-order valence-electron chi connectivity index (χ3n) is 2.72. The van der Waals surface area contributed by atoms with Gasteiger partial charge in [0.05, 0.1) is 0 Å². The molecule has 17 heavy (non-hydrogen) atoms. The first-order valence-corrected chi connectivity index (χ1v) is 6.67. The number of aryl methyl sites for hydroxylation is 1. The van der Waals surface area contributed by atoms with E-state index in [-0.39, 0.29) is 0 Å². The Balaban J connectivity index is 1.83. The van der Waals surface area contributed by atoms with E-state index in [4.69, 9.17) is 0 Å². The van der Waals surface area contributed by atoms with Gasteiger partial charge in [-0.3, -0.25) is 0 Å². The molecule has 1 aromatic carbocycles. The normalized spacial score (nSPS) is 10.7. The second-order valence-corrected chi connectivity index (χ2v) is 5.00. The summed E-state index contributed by atoms with van der Waals surface area (Å²) < 4.78 is 3.32. The number of hydrogen-bond donors (Lipinski definition) is 1. The summed E-state index contributed by atoms with van der Waals surface area (Å²) in [5, 5.41) is 3.45. The van der Waals surface area contributed by atoms with Gasteiger partial charge in [-0.25, -0.2) is 0 Å². The minimum absolute atomic E-state index is 0.900. The Morgan fingerprint density at radius 3 is 2.71 bits per heavy atom. The van der Waals surface area contributed by atoms with E-state index >= 15 is 0 Å². The molecule has 0 saturated carbocycles. The maximum Gasteiger partial charge on any atom is 0.0223 e. The molecule has 3 heteroatoms. The number of benzene rings is 1. The molecule has 0 radical (unpaired) electrons. The summed E-state index contributed by atoms with van der Waals surface area (Å²) in [6, 6.07) is 10.6. The Bertz CT molecular complexity index is 477. The van der Waals surface area contributed by atoms with E-state index in [2.05, 4.69) is 69.4 Å². The Morgan fingerprint density at radius 1 is 1.18 bits per heavy atom. The fourth-order valence-corrected chi connectivity index (χ4v) is 2.24. The van der Waals surface area contributed by atoms with Crippen LogP contribution in [0.3, 0.4) is 0 Å². The average molecular weight is 293 g/mol. The van der Waals surface area contributed by atoms with Gasteiger partial charge < -0.3 is 9.88 Å². The molecule has 0 fully saturated rings. The van der Waals surface area contributed by atoms with E-state index in [9.17, 15) is 0 Å². The summed E-state index contributed by atoms with van der Waals surface area (Å²) in [5.41, 5.74) is 2.64. The topological polar surface area (TPSA) is 17.0 Å². The standard InChI is InChI=1S/C14H17BrN2/c1-2-17-7-6-13(11-17)10-16-9-12-4-3-5-14(15)8-12/h3-8,11,16H,2,9-10H2,1H3. The van der Waals surface area contributed by atoms with Crippen LogP contribution < -0.4 is 5.32 Å². The van der Waals surface area contributed by atoms with Crippen LogP contribution in [0, 0.1) is 0 Å². The Hall–Kier alpha value is -1.06. The molecule has 0 unspecified atom stereocenters. The van der Waals surface area contributed by atoms with Crippen LogP contribution in [0.15, 0.2) is 47.2 Å². The SMILES string of the molecule is CCn1ccc(CNCc2cccc(Br)c2)c1. The fourth-order valence-electron chi connectivity index (χ4n) is 1.79. The Morgan fingerprint density at radius 2 is 2.00 bits per heavy atom. The molecule has 0 saturated heterocycles. The van der Waals surface area contributed by atoms with Crippen LogP contribution in [0.4, 0.5) is 0 Å². The van der Waals surface area contributed by atoms with Crippen molar-refractivity contribution in [2.45, 2.75) is 26.6 Å². The lowest BCUT2D eigenvalue weighted by Crippen LogP contribution is -2.12. The molecular weight excluding hydrogens is 276 g/mol. The molecule has 1 heterocycles. The Labute approximate surface area is 111 Å². The van der Waals surface area contributed by atoms with Crippen LogP contribution in [0.5, 0.6) is 0 Å². The lowest BCUT2D eigenvalue weighted by molar-refractivity contribution is 0.688. The molecule has 0 aliphatic heterocycles. The minimum atomic E-state index is 0.900. The molecule has 0 amide bonds. The fraction of sp³-hybridized carbons (Fsp3) is 0.286. The summed E-state index contributed by atoms with van der Waals surface area (Å²) in [6.45, 7) is 5.00. The van der Waals surface area contributed by atoms with Gasteiger partial charge in [0, 0.05) is 36.5 Å². The maximum atomic E-state index is 3.48. The number of nitrogens with one attached hydrogen (secondary N) is 1. The highest BCUT2D eigenvalue weighted by atomic mass is 79.9. The van der Waals surface area contributed by atoms with E-state index in [1.807, 2.05) is 6.07 Å². The minimum Gasteiger partial charge on any atom is -0.354 e. The van der Waals surface area contributed by atoms with Crippen molar-refractivity contribution in [3.8, 4) is 0 Å². The van der Waals surface area contributed by atoms with Crippen molar-refractivity contribution in [3.63, 3.8) is 0 Å². The van der Waals surface area contributed by atoms with Gasteiger partial charge in [0.1, 0.15) is 0 Å². The predicted octanol–water partition coefficient (Wildman–Crippen LogP) is 3.56. The number of rotatable bonds is 5. The number of aromatic nitrogens is 1. The third kappa shape index (κ3) is 3.72.